The number of amides is 1. The van der Waals surface area contributed by atoms with Gasteiger partial charge in [-0.15, -0.1) is 5.10 Å². The highest BCUT2D eigenvalue weighted by atomic mass is 32.2. The molecule has 1 N–H and O–H groups in total. The maximum atomic E-state index is 13.3. The molecule has 0 bridgehead atoms. The van der Waals surface area contributed by atoms with Crippen molar-refractivity contribution in [2.45, 2.75) is 49.6 Å². The van der Waals surface area contributed by atoms with Crippen molar-refractivity contribution >= 4 is 23.6 Å². The van der Waals surface area contributed by atoms with Crippen LogP contribution in [0.1, 0.15) is 31.9 Å². The molecule has 0 spiro atoms. The number of hydrogen-bond acceptors (Lipinski definition) is 7. The summed E-state index contributed by atoms with van der Waals surface area (Å²) < 4.78 is 3.52. The maximum absolute atomic E-state index is 13.3. The first-order chi connectivity index (χ1) is 16.1. The van der Waals surface area contributed by atoms with Gasteiger partial charge in [-0.2, -0.15) is 4.68 Å². The van der Waals surface area contributed by atoms with Gasteiger partial charge in [0, 0.05) is 24.6 Å². The summed E-state index contributed by atoms with van der Waals surface area (Å²) in [7, 11) is 0. The number of thioether (sulfide) groups is 1. The SMILES string of the molecule is CC(Sc1nc2nn(-c3ccccc3)c(=O)c-2c2n1CCCCC2)C(=O)Nc1ncccn1. The normalized spacial score (nSPS) is 14.5. The Balaban J connectivity index is 1.53. The van der Waals surface area contributed by atoms with Gasteiger partial charge in [-0.05, 0) is 44.4 Å². The molecule has 0 fully saturated rings. The Labute approximate surface area is 194 Å². The van der Waals surface area contributed by atoms with E-state index in [0.717, 1.165) is 37.9 Å². The van der Waals surface area contributed by atoms with Crippen LogP contribution in [0.25, 0.3) is 17.1 Å². The number of anilines is 1. The Morgan fingerprint density at radius 1 is 1.09 bits per heavy atom. The van der Waals surface area contributed by atoms with Gasteiger partial charge < -0.3 is 4.57 Å². The molecule has 5 rings (SSSR count). The van der Waals surface area contributed by atoms with Crippen LogP contribution in [0.15, 0.2) is 58.7 Å². The molecule has 1 unspecified atom stereocenters. The van der Waals surface area contributed by atoms with Gasteiger partial charge in [-0.25, -0.2) is 15.0 Å². The molecule has 1 amide bonds. The molecule has 33 heavy (non-hydrogen) atoms. The molecule has 9 nitrogen and oxygen atoms in total. The standard InChI is InChI=1S/C23H23N7O2S/c1-15(20(31)27-22-24-12-8-13-25-22)33-23-26-19-18(17-11-6-3-7-14-29(17)23)21(32)30(28-19)16-9-4-2-5-10-16/h2,4-5,8-10,12-13,15H,3,6-7,11,14H2,1H3,(H,24,25,27,31). The van der Waals surface area contributed by atoms with Crippen LogP contribution >= 0.6 is 11.8 Å². The summed E-state index contributed by atoms with van der Waals surface area (Å²) in [6.45, 7) is 2.58. The molecular weight excluding hydrogens is 438 g/mol. The average molecular weight is 462 g/mol. The van der Waals surface area contributed by atoms with Crippen molar-refractivity contribution in [3.63, 3.8) is 0 Å². The predicted molar refractivity (Wildman–Crippen MR) is 126 cm³/mol. The third-order valence-electron chi connectivity index (χ3n) is 5.62. The highest BCUT2D eigenvalue weighted by Gasteiger charge is 2.28. The lowest BCUT2D eigenvalue weighted by atomic mass is 10.1. The molecule has 10 heteroatoms. The highest BCUT2D eigenvalue weighted by molar-refractivity contribution is 8.00. The Hall–Kier alpha value is -3.53. The van der Waals surface area contributed by atoms with Crippen molar-refractivity contribution in [2.75, 3.05) is 5.32 Å². The lowest BCUT2D eigenvalue weighted by Gasteiger charge is -2.19. The highest BCUT2D eigenvalue weighted by Crippen LogP contribution is 2.32. The van der Waals surface area contributed by atoms with Gasteiger partial charge >= 0.3 is 0 Å². The van der Waals surface area contributed by atoms with E-state index in [1.165, 1.54) is 16.4 Å². The van der Waals surface area contributed by atoms with Crippen molar-refractivity contribution in [1.29, 1.82) is 0 Å². The number of hydrogen-bond donors (Lipinski definition) is 1. The minimum Gasteiger partial charge on any atom is -0.324 e. The van der Waals surface area contributed by atoms with Gasteiger partial charge in [0.2, 0.25) is 11.9 Å². The van der Waals surface area contributed by atoms with Crippen LogP contribution in [0.5, 0.6) is 0 Å². The first-order valence-corrected chi connectivity index (χ1v) is 11.8. The third-order valence-corrected chi connectivity index (χ3v) is 6.71. The average Bonchev–Trinajstić information content (AvgIpc) is 3.00. The minimum absolute atomic E-state index is 0.155. The van der Waals surface area contributed by atoms with E-state index < -0.39 is 5.25 Å². The molecule has 2 aromatic rings. The number of nitrogens with zero attached hydrogens (tertiary/aromatic N) is 6. The van der Waals surface area contributed by atoms with E-state index in [4.69, 9.17) is 4.98 Å². The first-order valence-electron chi connectivity index (χ1n) is 10.9. The zero-order valence-electron chi connectivity index (χ0n) is 18.1. The number of nitrogens with one attached hydrogen (secondary N) is 1. The fourth-order valence-corrected chi connectivity index (χ4v) is 4.92. The monoisotopic (exact) mass is 461 g/mol. The van der Waals surface area contributed by atoms with Crippen LogP contribution in [-0.2, 0) is 17.8 Å². The third kappa shape index (κ3) is 4.25. The predicted octanol–water partition coefficient (Wildman–Crippen LogP) is 3.17. The van der Waals surface area contributed by atoms with Crippen LogP contribution in [0.4, 0.5) is 5.95 Å². The zero-order valence-corrected chi connectivity index (χ0v) is 19.0. The molecule has 3 aliphatic heterocycles. The molecule has 1 atom stereocenters. The smallest absolute Gasteiger partial charge is 0.284 e. The van der Waals surface area contributed by atoms with Crippen LogP contribution in [0.2, 0.25) is 0 Å². The summed E-state index contributed by atoms with van der Waals surface area (Å²) in [6, 6.07) is 11.1. The first kappa shape index (κ1) is 21.3. The van der Waals surface area contributed by atoms with Crippen LogP contribution in [0, 0.1) is 0 Å². The Morgan fingerprint density at radius 3 is 2.67 bits per heavy atom. The molecule has 0 saturated carbocycles. The molecule has 1 aromatic heterocycles. The van der Waals surface area contributed by atoms with Crippen molar-refractivity contribution in [3.8, 4) is 17.1 Å². The zero-order chi connectivity index (χ0) is 22.8. The second kappa shape index (κ2) is 9.14. The Morgan fingerprint density at radius 2 is 1.88 bits per heavy atom. The van der Waals surface area contributed by atoms with Gasteiger partial charge in [-0.1, -0.05) is 36.4 Å². The summed E-state index contributed by atoms with van der Waals surface area (Å²) in [5.41, 5.74) is 2.07. The lowest BCUT2D eigenvalue weighted by Crippen LogP contribution is -2.25. The molecule has 0 aliphatic carbocycles. The van der Waals surface area contributed by atoms with Crippen molar-refractivity contribution in [3.05, 3.63) is 64.8 Å². The van der Waals surface area contributed by atoms with E-state index in [1.54, 1.807) is 18.5 Å². The quantitative estimate of drug-likeness (QED) is 0.359. The number of carbonyl (C=O) groups excluding carboxylic acids is 1. The number of rotatable bonds is 5. The van der Waals surface area contributed by atoms with Gasteiger partial charge in [0.1, 0.15) is 5.56 Å². The lowest BCUT2D eigenvalue weighted by molar-refractivity contribution is -0.115. The molecular formula is C23H23N7O2S. The number of para-hydroxylation sites is 1. The summed E-state index contributed by atoms with van der Waals surface area (Å²) in [5, 5.41) is 7.53. The molecule has 3 aliphatic rings. The summed E-state index contributed by atoms with van der Waals surface area (Å²) in [5.74, 6) is 0.469. The number of aromatic nitrogens is 6. The van der Waals surface area contributed by atoms with E-state index in [2.05, 4.69) is 25.0 Å². The van der Waals surface area contributed by atoms with E-state index in [1.807, 2.05) is 37.3 Å². The van der Waals surface area contributed by atoms with E-state index in [9.17, 15) is 9.59 Å². The van der Waals surface area contributed by atoms with E-state index in [-0.39, 0.29) is 17.4 Å². The van der Waals surface area contributed by atoms with Gasteiger partial charge in [0.05, 0.1) is 10.9 Å². The van der Waals surface area contributed by atoms with Crippen molar-refractivity contribution < 1.29 is 4.79 Å². The van der Waals surface area contributed by atoms with Crippen LogP contribution in [0.3, 0.4) is 0 Å². The number of carbonyl (C=O) groups is 1. The van der Waals surface area contributed by atoms with Crippen molar-refractivity contribution in [1.82, 2.24) is 29.3 Å². The fourth-order valence-electron chi connectivity index (χ4n) is 3.97. The van der Waals surface area contributed by atoms with E-state index in [0.29, 0.717) is 22.2 Å². The topological polar surface area (TPSA) is 108 Å². The molecule has 1 aromatic carbocycles. The second-order valence-electron chi connectivity index (χ2n) is 7.88. The van der Waals surface area contributed by atoms with Crippen LogP contribution in [-0.4, -0.2) is 40.5 Å². The summed E-state index contributed by atoms with van der Waals surface area (Å²) in [6.07, 6.45) is 7.01. The fraction of sp³-hybridized carbons (Fsp3) is 0.304. The summed E-state index contributed by atoms with van der Waals surface area (Å²) >= 11 is 1.35. The molecule has 0 saturated heterocycles. The van der Waals surface area contributed by atoms with Gasteiger partial charge in [0.25, 0.3) is 5.56 Å². The number of fused-ring (bicyclic) bond motifs is 3. The largest absolute Gasteiger partial charge is 0.324 e. The van der Waals surface area contributed by atoms with Crippen molar-refractivity contribution in [2.24, 2.45) is 0 Å². The molecule has 0 radical (unpaired) electrons. The minimum atomic E-state index is -0.443. The Bertz CT molecular complexity index is 1300. The summed E-state index contributed by atoms with van der Waals surface area (Å²) in [4.78, 5) is 38.9. The van der Waals surface area contributed by atoms with Gasteiger partial charge in [-0.3, -0.25) is 14.9 Å². The molecule has 168 valence electrons. The van der Waals surface area contributed by atoms with Gasteiger partial charge in [0.15, 0.2) is 11.0 Å². The molecule has 4 heterocycles. The van der Waals surface area contributed by atoms with Crippen LogP contribution < -0.4 is 10.9 Å². The maximum Gasteiger partial charge on any atom is 0.284 e. The Kier molecular flexibility index (Phi) is 5.91. The second-order valence-corrected chi connectivity index (χ2v) is 9.18. The van der Waals surface area contributed by atoms with E-state index >= 15 is 0 Å². The number of benzene rings is 1.